The van der Waals surface area contributed by atoms with Crippen LogP contribution in [0.15, 0.2) is 37.1 Å². The molecule has 0 bridgehead atoms. The van der Waals surface area contributed by atoms with Crippen molar-refractivity contribution in [1.29, 1.82) is 0 Å². The molecule has 3 N–H and O–H groups in total. The van der Waals surface area contributed by atoms with Gasteiger partial charge in [0.2, 0.25) is 0 Å². The first-order valence-electron chi connectivity index (χ1n) is 5.11. The predicted molar refractivity (Wildman–Crippen MR) is 65.0 cm³/mol. The van der Waals surface area contributed by atoms with Crippen LogP contribution in [0, 0.1) is 0 Å². The highest BCUT2D eigenvalue weighted by Gasteiger charge is 2.13. The Morgan fingerprint density at radius 3 is 2.71 bits per heavy atom. The fraction of sp³-hybridized carbons (Fsp3) is 0.182. The van der Waals surface area contributed by atoms with E-state index in [0.29, 0.717) is 11.4 Å². The first-order valence-corrected chi connectivity index (χ1v) is 5.49. The van der Waals surface area contributed by atoms with Crippen LogP contribution in [0.25, 0.3) is 0 Å². The first kappa shape index (κ1) is 11.9. The largest absolute Gasteiger partial charge is 0.271 e. The van der Waals surface area contributed by atoms with Crippen LogP contribution in [-0.4, -0.2) is 15.0 Å². The zero-order valence-corrected chi connectivity index (χ0v) is 9.80. The van der Waals surface area contributed by atoms with E-state index in [0.717, 1.165) is 11.3 Å². The number of halogens is 1. The van der Waals surface area contributed by atoms with Crippen molar-refractivity contribution in [3.05, 3.63) is 53.3 Å². The zero-order chi connectivity index (χ0) is 12.1. The Labute approximate surface area is 104 Å². The number of pyridine rings is 1. The fourth-order valence-corrected chi connectivity index (χ4v) is 1.73. The van der Waals surface area contributed by atoms with Crippen molar-refractivity contribution in [3.63, 3.8) is 0 Å². The minimum absolute atomic E-state index is 0.122. The third kappa shape index (κ3) is 2.97. The molecule has 2 heterocycles. The molecule has 0 aromatic carbocycles. The zero-order valence-electron chi connectivity index (χ0n) is 9.05. The van der Waals surface area contributed by atoms with Gasteiger partial charge in [0.15, 0.2) is 0 Å². The second kappa shape index (κ2) is 5.67. The Morgan fingerprint density at radius 2 is 2.06 bits per heavy atom. The van der Waals surface area contributed by atoms with Gasteiger partial charge in [-0.15, -0.1) is 0 Å². The highest BCUT2D eigenvalue weighted by Crippen LogP contribution is 2.20. The van der Waals surface area contributed by atoms with Crippen molar-refractivity contribution in [2.75, 3.05) is 0 Å². The summed E-state index contributed by atoms with van der Waals surface area (Å²) in [6.45, 7) is 0. The van der Waals surface area contributed by atoms with Crippen molar-refractivity contribution in [2.45, 2.75) is 12.5 Å². The van der Waals surface area contributed by atoms with E-state index in [1.807, 2.05) is 6.07 Å². The summed E-state index contributed by atoms with van der Waals surface area (Å²) in [7, 11) is 0. The molecule has 0 fully saturated rings. The van der Waals surface area contributed by atoms with Crippen molar-refractivity contribution >= 4 is 11.6 Å². The van der Waals surface area contributed by atoms with Crippen LogP contribution in [-0.2, 0) is 6.42 Å². The molecule has 5 nitrogen and oxygen atoms in total. The Kier molecular flexibility index (Phi) is 3.98. The van der Waals surface area contributed by atoms with Crippen LogP contribution >= 0.6 is 11.6 Å². The van der Waals surface area contributed by atoms with Crippen molar-refractivity contribution in [3.8, 4) is 0 Å². The van der Waals surface area contributed by atoms with Gasteiger partial charge in [0.1, 0.15) is 0 Å². The summed E-state index contributed by atoms with van der Waals surface area (Å²) in [6.07, 6.45) is 8.88. The van der Waals surface area contributed by atoms with Crippen molar-refractivity contribution in [2.24, 2.45) is 5.84 Å². The Bertz CT molecular complexity index is 476. The number of hydrogen-bond donors (Lipinski definition) is 2. The Morgan fingerprint density at radius 1 is 1.24 bits per heavy atom. The summed E-state index contributed by atoms with van der Waals surface area (Å²) in [4.78, 5) is 12.2. The highest BCUT2D eigenvalue weighted by atomic mass is 35.5. The van der Waals surface area contributed by atoms with E-state index < -0.39 is 0 Å². The van der Waals surface area contributed by atoms with Gasteiger partial charge in [0.25, 0.3) is 0 Å². The van der Waals surface area contributed by atoms with E-state index >= 15 is 0 Å². The van der Waals surface area contributed by atoms with Crippen molar-refractivity contribution < 1.29 is 0 Å². The van der Waals surface area contributed by atoms with E-state index in [9.17, 15) is 0 Å². The Balaban J connectivity index is 2.19. The molecule has 2 aromatic heterocycles. The lowest BCUT2D eigenvalue weighted by molar-refractivity contribution is 0.536. The summed E-state index contributed by atoms with van der Waals surface area (Å²) in [5.74, 6) is 5.53. The quantitative estimate of drug-likeness (QED) is 0.630. The minimum atomic E-state index is -0.122. The predicted octanol–water partition coefficient (Wildman–Crippen LogP) is 1.27. The first-order chi connectivity index (χ1) is 8.31. The van der Waals surface area contributed by atoms with Gasteiger partial charge < -0.3 is 0 Å². The monoisotopic (exact) mass is 249 g/mol. The second-order valence-electron chi connectivity index (χ2n) is 3.52. The van der Waals surface area contributed by atoms with Gasteiger partial charge >= 0.3 is 0 Å². The van der Waals surface area contributed by atoms with Crippen LogP contribution in [0.4, 0.5) is 0 Å². The summed E-state index contributed by atoms with van der Waals surface area (Å²) in [6, 6.07) is 1.74. The second-order valence-corrected chi connectivity index (χ2v) is 3.93. The van der Waals surface area contributed by atoms with Crippen LogP contribution < -0.4 is 11.3 Å². The molecule has 0 saturated heterocycles. The highest BCUT2D eigenvalue weighted by molar-refractivity contribution is 6.31. The van der Waals surface area contributed by atoms with Crippen LogP contribution in [0.3, 0.4) is 0 Å². The van der Waals surface area contributed by atoms with Gasteiger partial charge in [-0.1, -0.05) is 11.6 Å². The summed E-state index contributed by atoms with van der Waals surface area (Å²) >= 11 is 6.05. The van der Waals surface area contributed by atoms with Crippen LogP contribution in [0.1, 0.15) is 17.3 Å². The molecule has 2 aromatic rings. The molecule has 0 saturated carbocycles. The normalized spacial score (nSPS) is 12.4. The van der Waals surface area contributed by atoms with Gasteiger partial charge in [-0.2, -0.15) is 0 Å². The van der Waals surface area contributed by atoms with E-state index in [-0.39, 0.29) is 6.04 Å². The third-order valence-corrected chi connectivity index (χ3v) is 2.76. The third-order valence-electron chi connectivity index (χ3n) is 2.42. The molecule has 88 valence electrons. The average molecular weight is 250 g/mol. The molecule has 0 aliphatic rings. The van der Waals surface area contributed by atoms with E-state index in [2.05, 4.69) is 20.4 Å². The average Bonchev–Trinajstić information content (AvgIpc) is 2.39. The van der Waals surface area contributed by atoms with E-state index in [1.54, 1.807) is 31.0 Å². The van der Waals surface area contributed by atoms with E-state index in [1.165, 1.54) is 0 Å². The lowest BCUT2D eigenvalue weighted by Gasteiger charge is -2.15. The lowest BCUT2D eigenvalue weighted by atomic mass is 10.1. The van der Waals surface area contributed by atoms with Crippen LogP contribution in [0.5, 0.6) is 0 Å². The fourth-order valence-electron chi connectivity index (χ4n) is 1.53. The molecule has 0 spiro atoms. The maximum absolute atomic E-state index is 6.05. The summed E-state index contributed by atoms with van der Waals surface area (Å²) < 4.78 is 0. The molecule has 0 amide bonds. The van der Waals surface area contributed by atoms with Gasteiger partial charge in [-0.3, -0.25) is 26.2 Å². The molecule has 1 atom stereocenters. The molecule has 2 rings (SSSR count). The SMILES string of the molecule is NNC(Cc1ccncc1Cl)c1cnccn1. The van der Waals surface area contributed by atoms with Gasteiger partial charge in [-0.25, -0.2) is 0 Å². The van der Waals surface area contributed by atoms with Gasteiger partial charge in [0, 0.05) is 24.8 Å². The van der Waals surface area contributed by atoms with Crippen molar-refractivity contribution in [1.82, 2.24) is 20.4 Å². The standard InChI is InChI=1S/C11H12ClN5/c12-9-6-14-2-1-8(9)5-10(17-13)11-7-15-3-4-16-11/h1-4,6-7,10,17H,5,13H2. The molecule has 0 radical (unpaired) electrons. The summed E-state index contributed by atoms with van der Waals surface area (Å²) in [5, 5.41) is 0.622. The molecular formula is C11H12ClN5. The molecule has 0 aliphatic carbocycles. The lowest BCUT2D eigenvalue weighted by Crippen LogP contribution is -2.30. The van der Waals surface area contributed by atoms with Crippen LogP contribution in [0.2, 0.25) is 5.02 Å². The number of rotatable bonds is 4. The Hall–Kier alpha value is -1.56. The molecule has 1 unspecified atom stereocenters. The van der Waals surface area contributed by atoms with Gasteiger partial charge in [0.05, 0.1) is 23.0 Å². The maximum atomic E-state index is 6.05. The summed E-state index contributed by atoms with van der Waals surface area (Å²) in [5.41, 5.74) is 4.46. The topological polar surface area (TPSA) is 76.7 Å². The number of nitrogens with zero attached hydrogens (tertiary/aromatic N) is 3. The number of aromatic nitrogens is 3. The number of hydrazine groups is 1. The number of hydrogen-bond acceptors (Lipinski definition) is 5. The molecule has 6 heteroatoms. The molecule has 0 aliphatic heterocycles. The minimum Gasteiger partial charge on any atom is -0.271 e. The molecular weight excluding hydrogens is 238 g/mol. The number of nitrogens with two attached hydrogens (primary N) is 1. The van der Waals surface area contributed by atoms with E-state index in [4.69, 9.17) is 17.4 Å². The molecule has 17 heavy (non-hydrogen) atoms. The number of nitrogens with one attached hydrogen (secondary N) is 1. The van der Waals surface area contributed by atoms with Gasteiger partial charge in [-0.05, 0) is 18.1 Å². The maximum Gasteiger partial charge on any atom is 0.0772 e. The smallest absolute Gasteiger partial charge is 0.0772 e.